The van der Waals surface area contributed by atoms with Crippen molar-refractivity contribution in [2.45, 2.75) is 30.5 Å². The summed E-state index contributed by atoms with van der Waals surface area (Å²) in [5.41, 5.74) is -0.258. The summed E-state index contributed by atoms with van der Waals surface area (Å²) in [5.74, 6) is -2.91. The summed E-state index contributed by atoms with van der Waals surface area (Å²) < 4.78 is 95.4. The van der Waals surface area contributed by atoms with Crippen LogP contribution in [0, 0.1) is 11.6 Å². The summed E-state index contributed by atoms with van der Waals surface area (Å²) in [6, 6.07) is 5.48. The average molecular weight is 493 g/mol. The number of carbonyl (C=O) groups excluding carboxylic acids is 1. The van der Waals surface area contributed by atoms with Crippen molar-refractivity contribution >= 4 is 27.3 Å². The number of ether oxygens (including phenoxy) is 1. The lowest BCUT2D eigenvalue weighted by Gasteiger charge is -2.19. The van der Waals surface area contributed by atoms with E-state index >= 15 is 0 Å². The van der Waals surface area contributed by atoms with Crippen LogP contribution in [0.25, 0.3) is 0 Å². The molecule has 1 heterocycles. The first-order valence-electron chi connectivity index (χ1n) is 9.84. The maximum Gasteiger partial charge on any atom is 0.573 e. The molecule has 1 fully saturated rings. The number of nitrogens with zero attached hydrogens (tertiary/aromatic N) is 1. The Morgan fingerprint density at radius 3 is 2.15 bits per heavy atom. The third-order valence-electron chi connectivity index (χ3n) is 4.73. The molecule has 0 radical (unpaired) electrons. The van der Waals surface area contributed by atoms with Crippen molar-refractivity contribution in [2.24, 2.45) is 0 Å². The molecule has 1 saturated heterocycles. The summed E-state index contributed by atoms with van der Waals surface area (Å²) in [6.45, 7) is 0.724. The van der Waals surface area contributed by atoms with Crippen LogP contribution in [0.1, 0.15) is 19.3 Å². The number of halogens is 5. The molecule has 0 aliphatic carbocycles. The van der Waals surface area contributed by atoms with E-state index < -0.39 is 39.7 Å². The molecule has 180 valence electrons. The maximum absolute atomic E-state index is 14.3. The summed E-state index contributed by atoms with van der Waals surface area (Å²) in [4.78, 5) is 13.3. The zero-order valence-electron chi connectivity index (χ0n) is 17.1. The van der Waals surface area contributed by atoms with Crippen molar-refractivity contribution in [3.05, 3.63) is 48.0 Å². The van der Waals surface area contributed by atoms with Crippen molar-refractivity contribution in [1.29, 1.82) is 0 Å². The van der Waals surface area contributed by atoms with Gasteiger partial charge in [-0.3, -0.25) is 4.79 Å². The number of sulfonamides is 1. The highest BCUT2D eigenvalue weighted by atomic mass is 32.2. The van der Waals surface area contributed by atoms with E-state index in [1.54, 1.807) is 4.90 Å². The molecule has 2 N–H and O–H groups in total. The van der Waals surface area contributed by atoms with Crippen LogP contribution in [0.4, 0.5) is 33.3 Å². The summed E-state index contributed by atoms with van der Waals surface area (Å²) in [6.07, 6.45) is -3.60. The second-order valence-electron chi connectivity index (χ2n) is 7.20. The lowest BCUT2D eigenvalue weighted by molar-refractivity contribution is -0.274. The maximum atomic E-state index is 14.3. The largest absolute Gasteiger partial charge is 0.573 e. The van der Waals surface area contributed by atoms with E-state index in [-0.39, 0.29) is 29.2 Å². The molecule has 0 aromatic heterocycles. The predicted molar refractivity (Wildman–Crippen MR) is 109 cm³/mol. The highest BCUT2D eigenvalue weighted by Crippen LogP contribution is 2.30. The normalized spacial score (nSPS) is 14.4. The average Bonchev–Trinajstić information content (AvgIpc) is 3.20. The highest BCUT2D eigenvalue weighted by molar-refractivity contribution is 7.89. The van der Waals surface area contributed by atoms with E-state index in [4.69, 9.17) is 0 Å². The molecule has 1 amide bonds. The second kappa shape index (κ2) is 9.91. The lowest BCUT2D eigenvalue weighted by atomic mass is 10.2. The Hall–Kier alpha value is -2.93. The number of hydrogen-bond donors (Lipinski definition) is 2. The monoisotopic (exact) mass is 493 g/mol. The molecule has 1 aliphatic heterocycles. The zero-order chi connectivity index (χ0) is 24.2. The van der Waals surface area contributed by atoms with E-state index in [0.717, 1.165) is 49.2 Å². The van der Waals surface area contributed by atoms with Crippen molar-refractivity contribution in [3.63, 3.8) is 0 Å². The molecule has 1 aliphatic rings. The minimum atomic E-state index is -4.91. The fraction of sp³-hybridized carbons (Fsp3) is 0.350. The van der Waals surface area contributed by atoms with E-state index in [2.05, 4.69) is 14.8 Å². The highest BCUT2D eigenvalue weighted by Gasteiger charge is 2.31. The van der Waals surface area contributed by atoms with Crippen LogP contribution < -0.4 is 19.7 Å². The molecule has 2 aromatic rings. The van der Waals surface area contributed by atoms with E-state index in [1.807, 2.05) is 0 Å². The number of benzene rings is 2. The lowest BCUT2D eigenvalue weighted by Crippen LogP contribution is -2.28. The fourth-order valence-corrected chi connectivity index (χ4v) is 4.34. The van der Waals surface area contributed by atoms with Gasteiger partial charge in [-0.2, -0.15) is 0 Å². The Kier molecular flexibility index (Phi) is 7.42. The SMILES string of the molecule is O=C(CCNS(=O)(=O)c1ccc(OC(F)(F)F)cc1)Nc1cc(F)c(N2CCCC2)c(F)c1. The van der Waals surface area contributed by atoms with Gasteiger partial charge in [0.25, 0.3) is 0 Å². The molecule has 3 rings (SSSR count). The van der Waals surface area contributed by atoms with Crippen molar-refractivity contribution in [3.8, 4) is 5.75 Å². The minimum absolute atomic E-state index is 0.110. The van der Waals surface area contributed by atoms with Crippen LogP contribution in [0.5, 0.6) is 5.75 Å². The molecule has 13 heteroatoms. The molecule has 0 spiro atoms. The quantitative estimate of drug-likeness (QED) is 0.547. The first kappa shape index (κ1) is 24.7. The zero-order valence-corrected chi connectivity index (χ0v) is 17.9. The fourth-order valence-electron chi connectivity index (χ4n) is 3.31. The first-order valence-corrected chi connectivity index (χ1v) is 11.3. The first-order chi connectivity index (χ1) is 15.4. The van der Waals surface area contributed by atoms with Gasteiger partial charge in [0.2, 0.25) is 15.9 Å². The molecule has 33 heavy (non-hydrogen) atoms. The Balaban J connectivity index is 1.53. The van der Waals surface area contributed by atoms with Gasteiger partial charge in [-0.15, -0.1) is 13.2 Å². The summed E-state index contributed by atoms with van der Waals surface area (Å²) in [5, 5.41) is 2.30. The number of nitrogens with one attached hydrogen (secondary N) is 2. The third-order valence-corrected chi connectivity index (χ3v) is 6.21. The van der Waals surface area contributed by atoms with Crippen LogP contribution >= 0.6 is 0 Å². The Morgan fingerprint density at radius 2 is 1.61 bits per heavy atom. The van der Waals surface area contributed by atoms with Crippen molar-refractivity contribution < 1.29 is 39.9 Å². The Morgan fingerprint density at radius 1 is 1.03 bits per heavy atom. The van der Waals surface area contributed by atoms with Gasteiger partial charge in [0.15, 0.2) is 11.6 Å². The second-order valence-corrected chi connectivity index (χ2v) is 8.96. The Bertz CT molecular complexity index is 1080. The molecule has 0 bridgehead atoms. The number of hydrogen-bond acceptors (Lipinski definition) is 5. The van der Waals surface area contributed by atoms with Gasteiger partial charge < -0.3 is 15.0 Å². The van der Waals surface area contributed by atoms with E-state index in [1.165, 1.54) is 0 Å². The van der Waals surface area contributed by atoms with Crippen molar-refractivity contribution in [2.75, 3.05) is 29.9 Å². The standard InChI is InChI=1S/C20H20F5N3O4S/c21-16-11-13(12-17(22)19(16)28-9-1-2-10-28)27-18(29)7-8-26-33(30,31)15-5-3-14(4-6-15)32-20(23,24)25/h3-6,11-12,26H,1-2,7-10H2,(H,27,29). The molecular formula is C20H20F5N3O4S. The summed E-state index contributed by atoms with van der Waals surface area (Å²) in [7, 11) is -4.11. The molecule has 2 aromatic carbocycles. The molecule has 7 nitrogen and oxygen atoms in total. The van der Waals surface area contributed by atoms with Gasteiger partial charge >= 0.3 is 6.36 Å². The van der Waals surface area contributed by atoms with Gasteiger partial charge in [0.05, 0.1) is 4.90 Å². The number of alkyl halides is 3. The van der Waals surface area contributed by atoms with E-state index in [0.29, 0.717) is 13.1 Å². The molecule has 0 unspecified atom stereocenters. The minimum Gasteiger partial charge on any atom is -0.406 e. The van der Waals surface area contributed by atoms with Gasteiger partial charge in [-0.1, -0.05) is 0 Å². The van der Waals surface area contributed by atoms with Crippen LogP contribution in [-0.4, -0.2) is 40.3 Å². The van der Waals surface area contributed by atoms with Crippen LogP contribution in [0.3, 0.4) is 0 Å². The third kappa shape index (κ3) is 6.78. The summed E-state index contributed by atoms with van der Waals surface area (Å²) >= 11 is 0. The topological polar surface area (TPSA) is 87.7 Å². The van der Waals surface area contributed by atoms with Gasteiger partial charge in [0.1, 0.15) is 11.4 Å². The van der Waals surface area contributed by atoms with Gasteiger partial charge in [0, 0.05) is 31.7 Å². The van der Waals surface area contributed by atoms with Gasteiger partial charge in [-0.05, 0) is 49.2 Å². The van der Waals surface area contributed by atoms with Crippen LogP contribution in [-0.2, 0) is 14.8 Å². The number of rotatable bonds is 8. The smallest absolute Gasteiger partial charge is 0.406 e. The Labute approximate surface area is 186 Å². The van der Waals surface area contributed by atoms with Gasteiger partial charge in [-0.25, -0.2) is 21.9 Å². The predicted octanol–water partition coefficient (Wildman–Crippen LogP) is 3.77. The molecule has 0 saturated carbocycles. The van der Waals surface area contributed by atoms with Crippen LogP contribution in [0.2, 0.25) is 0 Å². The molecular weight excluding hydrogens is 473 g/mol. The van der Waals surface area contributed by atoms with Crippen LogP contribution in [0.15, 0.2) is 41.3 Å². The number of anilines is 2. The number of amides is 1. The number of carbonyl (C=O) groups is 1. The van der Waals surface area contributed by atoms with Crippen molar-refractivity contribution in [1.82, 2.24) is 4.72 Å². The molecule has 0 atom stereocenters. The van der Waals surface area contributed by atoms with E-state index in [9.17, 15) is 35.2 Å².